The van der Waals surface area contributed by atoms with Crippen molar-refractivity contribution in [1.82, 2.24) is 20.4 Å². The lowest BCUT2D eigenvalue weighted by molar-refractivity contribution is 0.0934. The van der Waals surface area contributed by atoms with Gasteiger partial charge in [0.05, 0.1) is 16.6 Å². The van der Waals surface area contributed by atoms with Crippen LogP contribution in [0, 0.1) is 6.92 Å². The van der Waals surface area contributed by atoms with Gasteiger partial charge < -0.3 is 10.6 Å². The van der Waals surface area contributed by atoms with Gasteiger partial charge in [-0.2, -0.15) is 5.10 Å². The van der Waals surface area contributed by atoms with Crippen LogP contribution >= 0.6 is 11.3 Å². The summed E-state index contributed by atoms with van der Waals surface area (Å²) in [4.78, 5) is 14.6. The molecule has 5 nitrogen and oxygen atoms in total. The van der Waals surface area contributed by atoms with E-state index >= 15 is 0 Å². The normalized spacial score (nSPS) is 20.5. The number of hydrogen-bond donors (Lipinski definition) is 2. The van der Waals surface area contributed by atoms with Gasteiger partial charge >= 0.3 is 0 Å². The number of hydrogen-bond acceptors (Lipinski definition) is 4. The van der Waals surface area contributed by atoms with E-state index < -0.39 is 0 Å². The summed E-state index contributed by atoms with van der Waals surface area (Å²) in [6.07, 6.45) is 8.39. The van der Waals surface area contributed by atoms with Gasteiger partial charge in [0.15, 0.2) is 0 Å². The fraction of sp³-hybridized carbons (Fsp3) is 0.667. The van der Waals surface area contributed by atoms with Gasteiger partial charge in [-0.3, -0.25) is 9.48 Å². The smallest absolute Gasteiger partial charge is 0.261 e. The molecule has 2 N–H and O–H groups in total. The van der Waals surface area contributed by atoms with E-state index in [0.29, 0.717) is 12.1 Å². The van der Waals surface area contributed by atoms with Crippen LogP contribution in [-0.2, 0) is 0 Å². The summed E-state index contributed by atoms with van der Waals surface area (Å²) < 4.78 is 2.20. The second-order valence-electron chi connectivity index (χ2n) is 7.15. The molecular weight excluding hydrogens is 320 g/mol. The number of nitrogens with one attached hydrogen (secondary N) is 2. The Morgan fingerprint density at radius 2 is 2.00 bits per heavy atom. The molecule has 3 heterocycles. The molecule has 6 heteroatoms. The zero-order valence-electron chi connectivity index (χ0n) is 14.3. The molecule has 0 atom stereocenters. The molecule has 1 saturated heterocycles. The van der Waals surface area contributed by atoms with Crippen LogP contribution in [0.2, 0.25) is 0 Å². The van der Waals surface area contributed by atoms with Crippen LogP contribution in [0.15, 0.2) is 6.07 Å². The van der Waals surface area contributed by atoms with Gasteiger partial charge in [-0.05, 0) is 51.8 Å². The molecule has 130 valence electrons. The van der Waals surface area contributed by atoms with Crippen molar-refractivity contribution in [2.75, 3.05) is 13.1 Å². The molecule has 0 aromatic carbocycles. The average molecular weight is 347 g/mol. The number of nitrogens with zero attached hydrogens (tertiary/aromatic N) is 2. The maximum absolute atomic E-state index is 12.6. The molecule has 0 bridgehead atoms. The second kappa shape index (κ2) is 6.84. The van der Waals surface area contributed by atoms with Crippen molar-refractivity contribution in [2.45, 2.75) is 64.0 Å². The Kier molecular flexibility index (Phi) is 4.59. The van der Waals surface area contributed by atoms with E-state index in [1.807, 2.05) is 6.07 Å². The Bertz CT molecular complexity index is 723. The van der Waals surface area contributed by atoms with Gasteiger partial charge in [0, 0.05) is 11.4 Å². The molecule has 1 saturated carbocycles. The predicted molar refractivity (Wildman–Crippen MR) is 97.8 cm³/mol. The van der Waals surface area contributed by atoms with Crippen molar-refractivity contribution >= 4 is 27.5 Å². The van der Waals surface area contributed by atoms with E-state index in [2.05, 4.69) is 22.2 Å². The van der Waals surface area contributed by atoms with Crippen LogP contribution in [0.3, 0.4) is 0 Å². The highest BCUT2D eigenvalue weighted by Crippen LogP contribution is 2.35. The van der Waals surface area contributed by atoms with E-state index in [0.717, 1.165) is 41.9 Å². The maximum atomic E-state index is 12.6. The highest BCUT2D eigenvalue weighted by molar-refractivity contribution is 7.20. The fourth-order valence-electron chi connectivity index (χ4n) is 3.98. The zero-order valence-corrected chi connectivity index (χ0v) is 15.1. The van der Waals surface area contributed by atoms with Crippen molar-refractivity contribution in [1.29, 1.82) is 0 Å². The predicted octanol–water partition coefficient (Wildman–Crippen LogP) is 3.39. The number of aryl methyl sites for hydroxylation is 1. The van der Waals surface area contributed by atoms with Gasteiger partial charge in [0.2, 0.25) is 0 Å². The van der Waals surface area contributed by atoms with E-state index in [9.17, 15) is 4.79 Å². The lowest BCUT2D eigenvalue weighted by Crippen LogP contribution is -2.42. The molecule has 1 aliphatic carbocycles. The summed E-state index contributed by atoms with van der Waals surface area (Å²) in [5.74, 6) is 0.0812. The Labute approximate surface area is 146 Å². The number of rotatable bonds is 3. The molecular formula is C18H26N4OS. The zero-order chi connectivity index (χ0) is 16.5. The SMILES string of the molecule is Cc1nn(C2CCCCC2)c2sc(C(=O)NC3CCNCC3)cc12. The van der Waals surface area contributed by atoms with Crippen molar-refractivity contribution in [3.8, 4) is 0 Å². The van der Waals surface area contributed by atoms with Crippen LogP contribution in [-0.4, -0.2) is 34.8 Å². The van der Waals surface area contributed by atoms with E-state index in [1.54, 1.807) is 11.3 Å². The first-order chi connectivity index (χ1) is 11.7. The number of aromatic nitrogens is 2. The first kappa shape index (κ1) is 16.1. The molecule has 2 fully saturated rings. The Morgan fingerprint density at radius 3 is 2.75 bits per heavy atom. The number of fused-ring (bicyclic) bond motifs is 1. The van der Waals surface area contributed by atoms with Crippen molar-refractivity contribution in [3.05, 3.63) is 16.6 Å². The van der Waals surface area contributed by atoms with Crippen LogP contribution in [0.1, 0.15) is 66.4 Å². The molecule has 24 heavy (non-hydrogen) atoms. The lowest BCUT2D eigenvalue weighted by atomic mass is 9.96. The van der Waals surface area contributed by atoms with Crippen molar-refractivity contribution < 1.29 is 4.79 Å². The molecule has 1 aliphatic heterocycles. The average Bonchev–Trinajstić information content (AvgIpc) is 3.18. The second-order valence-corrected chi connectivity index (χ2v) is 8.18. The van der Waals surface area contributed by atoms with Crippen LogP contribution in [0.5, 0.6) is 0 Å². The summed E-state index contributed by atoms with van der Waals surface area (Å²) in [5.41, 5.74) is 1.05. The quantitative estimate of drug-likeness (QED) is 0.895. The molecule has 2 aliphatic rings. The summed E-state index contributed by atoms with van der Waals surface area (Å²) in [7, 11) is 0. The highest BCUT2D eigenvalue weighted by Gasteiger charge is 2.23. The summed E-state index contributed by atoms with van der Waals surface area (Å²) >= 11 is 1.61. The lowest BCUT2D eigenvalue weighted by Gasteiger charge is -2.23. The maximum Gasteiger partial charge on any atom is 0.261 e. The monoisotopic (exact) mass is 346 g/mol. The Balaban J connectivity index is 1.57. The number of thiophene rings is 1. The first-order valence-corrected chi connectivity index (χ1v) is 10.0. The number of carbonyl (C=O) groups is 1. The number of piperidine rings is 1. The third-order valence-electron chi connectivity index (χ3n) is 5.39. The van der Waals surface area contributed by atoms with E-state index in [1.165, 1.54) is 36.9 Å². The fourth-order valence-corrected chi connectivity index (χ4v) is 5.12. The largest absolute Gasteiger partial charge is 0.349 e. The van der Waals surface area contributed by atoms with E-state index in [4.69, 9.17) is 5.10 Å². The molecule has 0 unspecified atom stereocenters. The molecule has 1 amide bonds. The summed E-state index contributed by atoms with van der Waals surface area (Å²) in [5, 5.41) is 12.5. The van der Waals surface area contributed by atoms with Gasteiger partial charge in [-0.15, -0.1) is 11.3 Å². The van der Waals surface area contributed by atoms with Gasteiger partial charge in [-0.1, -0.05) is 19.3 Å². The molecule has 4 rings (SSSR count). The third-order valence-corrected chi connectivity index (χ3v) is 6.51. The van der Waals surface area contributed by atoms with Gasteiger partial charge in [-0.25, -0.2) is 0 Å². The molecule has 2 aromatic heterocycles. The van der Waals surface area contributed by atoms with Crippen molar-refractivity contribution in [2.24, 2.45) is 0 Å². The first-order valence-electron chi connectivity index (χ1n) is 9.22. The topological polar surface area (TPSA) is 59.0 Å². The minimum atomic E-state index is 0.0812. The van der Waals surface area contributed by atoms with E-state index in [-0.39, 0.29) is 5.91 Å². The van der Waals surface area contributed by atoms with Crippen LogP contribution < -0.4 is 10.6 Å². The van der Waals surface area contributed by atoms with Crippen molar-refractivity contribution in [3.63, 3.8) is 0 Å². The molecule has 2 aromatic rings. The third kappa shape index (κ3) is 3.09. The Morgan fingerprint density at radius 1 is 1.25 bits per heavy atom. The Hall–Kier alpha value is -1.40. The molecule has 0 spiro atoms. The standard InChI is InChI=1S/C18H26N4OS/c1-12-15-11-16(17(23)20-13-7-9-19-10-8-13)24-18(15)22(21-12)14-5-3-2-4-6-14/h11,13-14,19H,2-10H2,1H3,(H,20,23). The minimum absolute atomic E-state index is 0.0812. The summed E-state index contributed by atoms with van der Waals surface area (Å²) in [6, 6.07) is 2.85. The van der Waals surface area contributed by atoms with Gasteiger partial charge in [0.25, 0.3) is 5.91 Å². The summed E-state index contributed by atoms with van der Waals surface area (Å²) in [6.45, 7) is 4.04. The molecule has 0 radical (unpaired) electrons. The number of amides is 1. The van der Waals surface area contributed by atoms with Crippen LogP contribution in [0.25, 0.3) is 10.2 Å². The minimum Gasteiger partial charge on any atom is -0.349 e. The number of carbonyl (C=O) groups excluding carboxylic acids is 1. The van der Waals surface area contributed by atoms with Gasteiger partial charge in [0.1, 0.15) is 4.83 Å². The highest BCUT2D eigenvalue weighted by atomic mass is 32.1. The van der Waals surface area contributed by atoms with Crippen LogP contribution in [0.4, 0.5) is 0 Å².